The van der Waals surface area contributed by atoms with Gasteiger partial charge in [-0.15, -0.1) is 0 Å². The van der Waals surface area contributed by atoms with Crippen molar-refractivity contribution in [1.82, 2.24) is 5.32 Å². The Bertz CT molecular complexity index is 578. The zero-order valence-electron chi connectivity index (χ0n) is 17.7. The number of aliphatic hydroxyl groups excluding tert-OH is 5. The van der Waals surface area contributed by atoms with Crippen molar-refractivity contribution >= 4 is 5.91 Å². The lowest BCUT2D eigenvalue weighted by Crippen LogP contribution is -2.68. The average molecular weight is 449 g/mol. The number of aliphatic hydroxyl groups is 5. The van der Waals surface area contributed by atoms with Gasteiger partial charge in [0.15, 0.2) is 0 Å². The minimum atomic E-state index is -1.42. The van der Waals surface area contributed by atoms with Gasteiger partial charge in [-0.3, -0.25) is 4.79 Å². The van der Waals surface area contributed by atoms with Crippen molar-refractivity contribution in [1.29, 1.82) is 0 Å². The van der Waals surface area contributed by atoms with Gasteiger partial charge in [-0.25, -0.2) is 0 Å². The summed E-state index contributed by atoms with van der Waals surface area (Å²) in [6.07, 6.45) is -7.41. The zero-order valence-corrected chi connectivity index (χ0v) is 17.7. The molecule has 4 bridgehead atoms. The SMILES string of the molecule is CC(=O)NCCCO[C@H]1[C@H]2CCCO[C@H]3[C@H](O)[C@@H](O)[C@H](O[C@@H]3CO)C([C@@H](CO)O2)[C@@H]1O. The summed E-state index contributed by atoms with van der Waals surface area (Å²) >= 11 is 0. The van der Waals surface area contributed by atoms with Gasteiger partial charge < -0.3 is 49.8 Å². The first-order valence-corrected chi connectivity index (χ1v) is 10.9. The minimum Gasteiger partial charge on any atom is -0.394 e. The Morgan fingerprint density at radius 1 is 1.03 bits per heavy atom. The van der Waals surface area contributed by atoms with E-state index in [1.54, 1.807) is 0 Å². The molecule has 0 aromatic rings. The second-order valence-electron chi connectivity index (χ2n) is 8.42. The zero-order chi connectivity index (χ0) is 22.5. The van der Waals surface area contributed by atoms with E-state index in [9.17, 15) is 30.3 Å². The van der Waals surface area contributed by atoms with Crippen molar-refractivity contribution < 1.29 is 49.3 Å². The third kappa shape index (κ3) is 5.55. The van der Waals surface area contributed by atoms with E-state index in [2.05, 4.69) is 5.32 Å². The number of ether oxygens (including phenoxy) is 4. The number of carbonyl (C=O) groups is 1. The molecule has 6 aliphatic rings. The lowest BCUT2D eigenvalue weighted by molar-refractivity contribution is -0.302. The van der Waals surface area contributed by atoms with Gasteiger partial charge in [0.05, 0.1) is 37.6 Å². The second-order valence-corrected chi connectivity index (χ2v) is 8.42. The summed E-state index contributed by atoms with van der Waals surface area (Å²) in [6, 6.07) is 0. The lowest BCUT2D eigenvalue weighted by Gasteiger charge is -2.52. The topological polar surface area (TPSA) is 167 Å². The first-order chi connectivity index (χ1) is 14.9. The molecule has 31 heavy (non-hydrogen) atoms. The molecular weight excluding hydrogens is 414 g/mol. The minimum absolute atomic E-state index is 0.141. The van der Waals surface area contributed by atoms with Crippen molar-refractivity contribution in [2.45, 2.75) is 81.1 Å². The Morgan fingerprint density at radius 2 is 1.74 bits per heavy atom. The summed E-state index contributed by atoms with van der Waals surface area (Å²) in [5, 5.41) is 54.9. The molecule has 6 heterocycles. The molecule has 1 amide bonds. The summed E-state index contributed by atoms with van der Waals surface area (Å²) in [4.78, 5) is 11.0. The Labute approximate surface area is 181 Å². The number of carbonyl (C=O) groups excluding carboxylic acids is 1. The van der Waals surface area contributed by atoms with Crippen LogP contribution in [0.1, 0.15) is 26.2 Å². The van der Waals surface area contributed by atoms with E-state index in [0.29, 0.717) is 25.8 Å². The molecule has 180 valence electrons. The summed E-state index contributed by atoms with van der Waals surface area (Å²) in [5.41, 5.74) is 0. The highest BCUT2D eigenvalue weighted by Gasteiger charge is 2.55. The molecule has 0 spiro atoms. The molecule has 0 radical (unpaired) electrons. The largest absolute Gasteiger partial charge is 0.394 e. The molecule has 6 rings (SSSR count). The van der Waals surface area contributed by atoms with Crippen molar-refractivity contribution in [3.05, 3.63) is 0 Å². The fourth-order valence-electron chi connectivity index (χ4n) is 4.76. The van der Waals surface area contributed by atoms with Crippen molar-refractivity contribution in [3.63, 3.8) is 0 Å². The van der Waals surface area contributed by atoms with Crippen LogP contribution in [0.3, 0.4) is 0 Å². The van der Waals surface area contributed by atoms with Gasteiger partial charge in [0, 0.05) is 32.6 Å². The maximum absolute atomic E-state index is 11.2. The van der Waals surface area contributed by atoms with E-state index < -0.39 is 74.1 Å². The summed E-state index contributed by atoms with van der Waals surface area (Å²) in [5.74, 6) is -1.04. The quantitative estimate of drug-likeness (QED) is 0.225. The van der Waals surface area contributed by atoms with Crippen LogP contribution in [0, 0.1) is 5.92 Å². The third-order valence-electron chi connectivity index (χ3n) is 6.29. The van der Waals surface area contributed by atoms with Crippen LogP contribution in [-0.2, 0) is 23.7 Å². The number of amides is 1. The summed E-state index contributed by atoms with van der Waals surface area (Å²) < 4.78 is 23.6. The van der Waals surface area contributed by atoms with Gasteiger partial charge in [-0.2, -0.15) is 0 Å². The van der Waals surface area contributed by atoms with E-state index >= 15 is 0 Å². The third-order valence-corrected chi connectivity index (χ3v) is 6.29. The van der Waals surface area contributed by atoms with Gasteiger partial charge in [-0.05, 0) is 19.3 Å². The number of rotatable bonds is 7. The Morgan fingerprint density at radius 3 is 2.42 bits per heavy atom. The van der Waals surface area contributed by atoms with E-state index in [4.69, 9.17) is 18.9 Å². The van der Waals surface area contributed by atoms with Crippen LogP contribution in [0.5, 0.6) is 0 Å². The van der Waals surface area contributed by atoms with Crippen molar-refractivity contribution in [3.8, 4) is 0 Å². The van der Waals surface area contributed by atoms with E-state index in [1.165, 1.54) is 6.92 Å². The van der Waals surface area contributed by atoms with Gasteiger partial charge >= 0.3 is 0 Å². The van der Waals surface area contributed by atoms with Crippen molar-refractivity contribution in [2.24, 2.45) is 5.92 Å². The molecule has 6 fully saturated rings. The molecule has 6 N–H and O–H groups in total. The molecule has 0 saturated carbocycles. The first kappa shape index (κ1) is 24.7. The van der Waals surface area contributed by atoms with E-state index in [0.717, 1.165) is 0 Å². The molecule has 0 aromatic carbocycles. The smallest absolute Gasteiger partial charge is 0.216 e. The van der Waals surface area contributed by atoms with Crippen LogP contribution in [-0.4, -0.2) is 119 Å². The average Bonchev–Trinajstić information content (AvgIpc) is 2.74. The van der Waals surface area contributed by atoms with Gasteiger partial charge in [0.25, 0.3) is 0 Å². The van der Waals surface area contributed by atoms with Crippen molar-refractivity contribution in [2.75, 3.05) is 33.0 Å². The standard InChI is InChI=1S/C20H35NO10/c1-10(24)21-5-3-7-29-18-11-4-2-6-28-19-13(9-23)31-20(17(27)16(19)26)14(15(18)25)12(8-22)30-11/h11-20,22-23,25-27H,2-9H2,1H3,(H,21,24)/t11-,12-,13-,14?,15+,16-,17-,18+,19-,20-/m1/s1. The summed E-state index contributed by atoms with van der Waals surface area (Å²) in [6.45, 7) is 1.47. The number of hydrogen-bond donors (Lipinski definition) is 6. The fraction of sp³-hybridized carbons (Fsp3) is 0.950. The number of nitrogens with one attached hydrogen (secondary N) is 1. The van der Waals surface area contributed by atoms with E-state index in [-0.39, 0.29) is 19.1 Å². The molecule has 0 aromatic heterocycles. The fourth-order valence-corrected chi connectivity index (χ4v) is 4.76. The highest BCUT2D eigenvalue weighted by atomic mass is 16.6. The monoisotopic (exact) mass is 449 g/mol. The molecule has 10 atom stereocenters. The van der Waals surface area contributed by atoms with Crippen LogP contribution in [0.25, 0.3) is 0 Å². The summed E-state index contributed by atoms with van der Waals surface area (Å²) in [7, 11) is 0. The van der Waals surface area contributed by atoms with Gasteiger partial charge in [0.2, 0.25) is 5.91 Å². The van der Waals surface area contributed by atoms with Crippen LogP contribution in [0.15, 0.2) is 0 Å². The first-order valence-electron chi connectivity index (χ1n) is 10.9. The maximum atomic E-state index is 11.2. The Kier molecular flexibility index (Phi) is 9.02. The molecule has 0 aliphatic carbocycles. The Balaban J connectivity index is 1.81. The predicted octanol–water partition coefficient (Wildman–Crippen LogP) is -2.70. The highest BCUT2D eigenvalue weighted by Crippen LogP contribution is 2.38. The molecule has 6 saturated heterocycles. The predicted molar refractivity (Wildman–Crippen MR) is 105 cm³/mol. The lowest BCUT2D eigenvalue weighted by atomic mass is 9.77. The van der Waals surface area contributed by atoms with E-state index in [1.807, 2.05) is 0 Å². The molecular formula is C20H35NO10. The second kappa shape index (κ2) is 11.3. The number of hydrogen-bond acceptors (Lipinski definition) is 10. The highest BCUT2D eigenvalue weighted by molar-refractivity contribution is 5.72. The van der Waals surface area contributed by atoms with Crippen LogP contribution < -0.4 is 5.32 Å². The molecule has 11 nitrogen and oxygen atoms in total. The molecule has 11 heteroatoms. The van der Waals surface area contributed by atoms with Crippen LogP contribution >= 0.6 is 0 Å². The molecule has 1 unspecified atom stereocenters. The normalized spacial score (nSPS) is 43.3. The maximum Gasteiger partial charge on any atom is 0.216 e. The molecule has 6 aliphatic heterocycles. The Hall–Kier alpha value is -0.890. The van der Waals surface area contributed by atoms with Crippen LogP contribution in [0.2, 0.25) is 0 Å². The van der Waals surface area contributed by atoms with Gasteiger partial charge in [0.1, 0.15) is 30.5 Å². The van der Waals surface area contributed by atoms with Gasteiger partial charge in [-0.1, -0.05) is 0 Å². The van der Waals surface area contributed by atoms with Crippen LogP contribution in [0.4, 0.5) is 0 Å².